The molecule has 0 aliphatic carbocycles. The Morgan fingerprint density at radius 2 is 0.731 bits per heavy atom. The number of aliphatic hydroxyl groups is 11. The number of hydrogen-bond acceptors (Lipinski definition) is 18. The molecule has 0 saturated carbocycles. The Kier molecular flexibility index (Phi) is 39.6. The second kappa shape index (κ2) is 43.4. The van der Waals surface area contributed by atoms with Gasteiger partial charge < -0.3 is 89.9 Å². The van der Waals surface area contributed by atoms with Crippen LogP contribution in [0.4, 0.5) is 0 Å². The first-order chi connectivity index (χ1) is 37.8. The molecule has 78 heavy (non-hydrogen) atoms. The number of carbonyl (C=O) groups excluding carboxylic acids is 1. The number of hydrogen-bond donors (Lipinski definition) is 12. The van der Waals surface area contributed by atoms with Crippen molar-refractivity contribution < 1.29 is 89.4 Å². The van der Waals surface area contributed by atoms with E-state index in [0.29, 0.717) is 12.8 Å². The van der Waals surface area contributed by atoms with E-state index in [2.05, 4.69) is 19.2 Å². The number of amides is 1. The lowest BCUT2D eigenvalue weighted by molar-refractivity contribution is -0.379. The monoisotopic (exact) mass is 1120 g/mol. The van der Waals surface area contributed by atoms with Crippen molar-refractivity contribution in [2.24, 2.45) is 0 Å². The Bertz CT molecular complexity index is 1440. The molecule has 462 valence electrons. The van der Waals surface area contributed by atoms with E-state index in [1.165, 1.54) is 161 Å². The summed E-state index contributed by atoms with van der Waals surface area (Å²) in [6, 6.07) is -0.879. The third-order valence-corrected chi connectivity index (χ3v) is 16.2. The topological polar surface area (TPSA) is 307 Å². The molecule has 19 nitrogen and oxygen atoms in total. The van der Waals surface area contributed by atoms with Crippen molar-refractivity contribution in [3.05, 3.63) is 0 Å². The number of unbranched alkanes of at least 4 members (excludes halogenated alkanes) is 31. The van der Waals surface area contributed by atoms with Crippen LogP contribution in [0.25, 0.3) is 0 Å². The fourth-order valence-electron chi connectivity index (χ4n) is 11.0. The summed E-state index contributed by atoms with van der Waals surface area (Å²) >= 11 is 0. The minimum atomic E-state index is -1.97. The van der Waals surface area contributed by atoms with Gasteiger partial charge in [-0.25, -0.2) is 0 Å². The number of carbonyl (C=O) groups is 1. The molecule has 3 saturated heterocycles. The van der Waals surface area contributed by atoms with Gasteiger partial charge in [0.2, 0.25) is 5.91 Å². The van der Waals surface area contributed by atoms with Gasteiger partial charge in [0.15, 0.2) is 18.9 Å². The standard InChI is InChI=1S/C59H113NO18/c1-3-5-7-9-11-13-15-17-18-19-20-21-22-23-24-25-26-28-30-32-34-36-43(64)42(60-47(65)37-35-33-31-29-27-16-14-12-10-8-6-4-2)41-73-57-53(71)50(68)55(45(39-62)75-57)78-59-54(72)51(69)56(46(40-63)76-59)77-58-52(70)49(67)48(66)44(38-61)74-58/h42-46,48-59,61-64,66-72H,3-41H2,1-2H3,(H,60,65). The molecular formula is C59H113NO18. The molecule has 3 fully saturated rings. The van der Waals surface area contributed by atoms with E-state index in [0.717, 1.165) is 44.9 Å². The maximum atomic E-state index is 13.3. The summed E-state index contributed by atoms with van der Waals surface area (Å²) in [6.07, 6.45) is 14.8. The Balaban J connectivity index is 1.46. The average molecular weight is 1120 g/mol. The molecule has 3 rings (SSSR count). The van der Waals surface area contributed by atoms with Crippen molar-refractivity contribution >= 4 is 5.91 Å². The molecule has 3 aliphatic rings. The van der Waals surface area contributed by atoms with E-state index in [1.807, 2.05) is 0 Å². The lowest BCUT2D eigenvalue weighted by Crippen LogP contribution is -2.66. The van der Waals surface area contributed by atoms with Crippen LogP contribution in [-0.2, 0) is 33.2 Å². The number of nitrogens with one attached hydrogen (secondary N) is 1. The van der Waals surface area contributed by atoms with E-state index in [1.54, 1.807) is 0 Å². The molecule has 1 amide bonds. The Labute approximate surface area is 468 Å². The van der Waals surface area contributed by atoms with Gasteiger partial charge in [0.25, 0.3) is 0 Å². The summed E-state index contributed by atoms with van der Waals surface area (Å²) in [6.45, 7) is 1.80. The van der Waals surface area contributed by atoms with Gasteiger partial charge in [0.1, 0.15) is 73.2 Å². The van der Waals surface area contributed by atoms with Crippen LogP contribution in [-0.4, -0.2) is 193 Å². The second-order valence-electron chi connectivity index (χ2n) is 22.9. The van der Waals surface area contributed by atoms with Crippen molar-refractivity contribution in [2.45, 2.75) is 343 Å². The third kappa shape index (κ3) is 27.0. The summed E-state index contributed by atoms with van der Waals surface area (Å²) < 4.78 is 34.3. The predicted molar refractivity (Wildman–Crippen MR) is 296 cm³/mol. The zero-order chi connectivity index (χ0) is 56.9. The number of rotatable bonds is 47. The zero-order valence-electron chi connectivity index (χ0n) is 48.2. The van der Waals surface area contributed by atoms with Crippen LogP contribution in [0.3, 0.4) is 0 Å². The summed E-state index contributed by atoms with van der Waals surface area (Å²) in [7, 11) is 0. The minimum Gasteiger partial charge on any atom is -0.394 e. The van der Waals surface area contributed by atoms with Crippen LogP contribution >= 0.6 is 0 Å². The summed E-state index contributed by atoms with van der Waals surface area (Å²) in [5.74, 6) is -0.240. The van der Waals surface area contributed by atoms with Gasteiger partial charge in [0.05, 0.1) is 38.6 Å². The van der Waals surface area contributed by atoms with E-state index < -0.39 is 124 Å². The van der Waals surface area contributed by atoms with Crippen LogP contribution in [0.5, 0.6) is 0 Å². The molecular weight excluding hydrogens is 1010 g/mol. The highest BCUT2D eigenvalue weighted by atomic mass is 16.8. The van der Waals surface area contributed by atoms with Gasteiger partial charge in [0, 0.05) is 6.42 Å². The van der Waals surface area contributed by atoms with Crippen LogP contribution < -0.4 is 5.32 Å². The first-order valence-corrected chi connectivity index (χ1v) is 31.3. The second-order valence-corrected chi connectivity index (χ2v) is 22.9. The molecule has 0 bridgehead atoms. The van der Waals surface area contributed by atoms with E-state index in [9.17, 15) is 61.0 Å². The van der Waals surface area contributed by atoms with Crippen molar-refractivity contribution in [3.63, 3.8) is 0 Å². The first-order valence-electron chi connectivity index (χ1n) is 31.3. The number of aliphatic hydroxyl groups excluding tert-OH is 11. The summed E-state index contributed by atoms with van der Waals surface area (Å²) in [4.78, 5) is 13.3. The Morgan fingerprint density at radius 3 is 1.12 bits per heavy atom. The smallest absolute Gasteiger partial charge is 0.220 e. The Hall–Kier alpha value is -1.21. The van der Waals surface area contributed by atoms with Crippen molar-refractivity contribution in [1.82, 2.24) is 5.32 Å². The van der Waals surface area contributed by atoms with Crippen LogP contribution in [0, 0.1) is 0 Å². The van der Waals surface area contributed by atoms with Crippen LogP contribution in [0.2, 0.25) is 0 Å². The van der Waals surface area contributed by atoms with Gasteiger partial charge in [-0.2, -0.15) is 0 Å². The molecule has 19 heteroatoms. The first kappa shape index (κ1) is 71.1. The van der Waals surface area contributed by atoms with Crippen LogP contribution in [0.15, 0.2) is 0 Å². The highest BCUT2D eigenvalue weighted by Gasteiger charge is 2.53. The normalized spacial score (nSPS) is 30.4. The average Bonchev–Trinajstić information content (AvgIpc) is 3.43. The van der Waals surface area contributed by atoms with Gasteiger partial charge >= 0.3 is 0 Å². The minimum absolute atomic E-state index is 0.240. The molecule has 3 heterocycles. The fraction of sp³-hybridized carbons (Fsp3) is 0.983. The van der Waals surface area contributed by atoms with Crippen molar-refractivity contribution in [2.75, 3.05) is 26.4 Å². The lowest BCUT2D eigenvalue weighted by atomic mass is 9.96. The molecule has 3 aliphatic heterocycles. The lowest BCUT2D eigenvalue weighted by Gasteiger charge is -2.48. The molecule has 12 N–H and O–H groups in total. The van der Waals surface area contributed by atoms with E-state index in [4.69, 9.17) is 28.4 Å². The molecule has 17 unspecified atom stereocenters. The predicted octanol–water partition coefficient (Wildman–Crippen LogP) is 5.99. The molecule has 0 radical (unpaired) electrons. The Morgan fingerprint density at radius 1 is 0.410 bits per heavy atom. The molecule has 0 spiro atoms. The van der Waals surface area contributed by atoms with E-state index in [-0.39, 0.29) is 18.9 Å². The van der Waals surface area contributed by atoms with E-state index >= 15 is 0 Å². The summed E-state index contributed by atoms with van der Waals surface area (Å²) in [5.41, 5.74) is 0. The highest BCUT2D eigenvalue weighted by Crippen LogP contribution is 2.33. The van der Waals surface area contributed by atoms with Gasteiger partial charge in [-0.05, 0) is 12.8 Å². The van der Waals surface area contributed by atoms with Crippen molar-refractivity contribution in [1.29, 1.82) is 0 Å². The molecule has 0 aromatic carbocycles. The largest absolute Gasteiger partial charge is 0.394 e. The highest BCUT2D eigenvalue weighted by molar-refractivity contribution is 5.76. The van der Waals surface area contributed by atoms with Crippen LogP contribution in [0.1, 0.15) is 239 Å². The number of ether oxygens (including phenoxy) is 6. The fourth-order valence-corrected chi connectivity index (χ4v) is 11.0. The van der Waals surface area contributed by atoms with Gasteiger partial charge in [-0.1, -0.05) is 219 Å². The zero-order valence-corrected chi connectivity index (χ0v) is 48.2. The summed E-state index contributed by atoms with van der Waals surface area (Å²) in [5, 5.41) is 120. The molecule has 0 aromatic rings. The maximum absolute atomic E-state index is 13.3. The van der Waals surface area contributed by atoms with Gasteiger partial charge in [-0.15, -0.1) is 0 Å². The third-order valence-electron chi connectivity index (χ3n) is 16.2. The van der Waals surface area contributed by atoms with Crippen molar-refractivity contribution in [3.8, 4) is 0 Å². The SMILES string of the molecule is CCCCCCCCCCCCCCCCCCCCCCCC(O)C(COC1OC(CO)C(OC2OC(CO)C(OC3OC(CO)C(O)C(O)C3O)C(O)C2O)C(O)C1O)NC(=O)CCCCCCCCCCCCCC. The maximum Gasteiger partial charge on any atom is 0.220 e. The molecule has 17 atom stereocenters. The van der Waals surface area contributed by atoms with Gasteiger partial charge in [-0.3, -0.25) is 4.79 Å². The molecule has 0 aromatic heterocycles. The quantitative estimate of drug-likeness (QED) is 0.0312.